The van der Waals surface area contributed by atoms with E-state index in [1.54, 1.807) is 7.05 Å². The van der Waals surface area contributed by atoms with Gasteiger partial charge in [0.15, 0.2) is 0 Å². The zero-order valence-electron chi connectivity index (χ0n) is 11.8. The van der Waals surface area contributed by atoms with Crippen LogP contribution in [0, 0.1) is 12.7 Å². The summed E-state index contributed by atoms with van der Waals surface area (Å²) in [6.45, 7) is 2.45. The van der Waals surface area contributed by atoms with Crippen LogP contribution < -0.4 is 10.0 Å². The first-order valence-electron chi connectivity index (χ1n) is 6.39. The van der Waals surface area contributed by atoms with Gasteiger partial charge in [-0.1, -0.05) is 0 Å². The number of hydrogen-bond acceptors (Lipinski definition) is 4. The maximum atomic E-state index is 13.6. The van der Waals surface area contributed by atoms with E-state index >= 15 is 0 Å². The Morgan fingerprint density at radius 3 is 2.62 bits per heavy atom. The van der Waals surface area contributed by atoms with Crippen LogP contribution in [0.1, 0.15) is 16.0 Å². The SMILES string of the molecule is CNCc1cc(S(=O)(=O)NCc2sccc2C)ccc1F. The largest absolute Gasteiger partial charge is 0.316 e. The van der Waals surface area contributed by atoms with Gasteiger partial charge < -0.3 is 5.32 Å². The predicted molar refractivity (Wildman–Crippen MR) is 82.2 cm³/mol. The number of halogens is 1. The average molecular weight is 328 g/mol. The minimum Gasteiger partial charge on any atom is -0.316 e. The van der Waals surface area contributed by atoms with E-state index in [0.717, 1.165) is 10.4 Å². The van der Waals surface area contributed by atoms with E-state index in [4.69, 9.17) is 0 Å². The highest BCUT2D eigenvalue weighted by atomic mass is 32.2. The topological polar surface area (TPSA) is 58.2 Å². The molecule has 0 unspecified atom stereocenters. The molecule has 0 atom stereocenters. The van der Waals surface area contributed by atoms with Crippen molar-refractivity contribution in [3.63, 3.8) is 0 Å². The quantitative estimate of drug-likeness (QED) is 0.856. The average Bonchev–Trinajstić information content (AvgIpc) is 2.85. The van der Waals surface area contributed by atoms with Gasteiger partial charge in [0, 0.05) is 23.5 Å². The molecular formula is C14H17FN2O2S2. The molecule has 1 aromatic heterocycles. The van der Waals surface area contributed by atoms with Gasteiger partial charge >= 0.3 is 0 Å². The molecule has 0 amide bonds. The molecular weight excluding hydrogens is 311 g/mol. The first-order valence-corrected chi connectivity index (χ1v) is 8.76. The van der Waals surface area contributed by atoms with Crippen molar-refractivity contribution in [2.24, 2.45) is 0 Å². The zero-order chi connectivity index (χ0) is 15.5. The number of rotatable bonds is 6. The molecule has 1 heterocycles. The fourth-order valence-corrected chi connectivity index (χ4v) is 3.86. The van der Waals surface area contributed by atoms with E-state index < -0.39 is 15.8 Å². The lowest BCUT2D eigenvalue weighted by Gasteiger charge is -2.09. The van der Waals surface area contributed by atoms with Crippen molar-refractivity contribution in [1.82, 2.24) is 10.0 Å². The van der Waals surface area contributed by atoms with Crippen molar-refractivity contribution in [2.75, 3.05) is 7.05 Å². The second-order valence-electron chi connectivity index (χ2n) is 4.63. The van der Waals surface area contributed by atoms with Gasteiger partial charge in [-0.05, 0) is 49.2 Å². The molecule has 1 aromatic carbocycles. The lowest BCUT2D eigenvalue weighted by molar-refractivity contribution is 0.578. The van der Waals surface area contributed by atoms with Gasteiger partial charge in [-0.15, -0.1) is 11.3 Å². The van der Waals surface area contributed by atoms with Crippen molar-refractivity contribution >= 4 is 21.4 Å². The van der Waals surface area contributed by atoms with E-state index in [-0.39, 0.29) is 18.0 Å². The first kappa shape index (κ1) is 16.1. The standard InChI is InChI=1S/C14H17FN2O2S2/c1-10-5-6-20-14(10)9-17-21(18,19)12-3-4-13(15)11(7-12)8-16-2/h3-7,16-17H,8-9H2,1-2H3. The molecule has 0 aliphatic carbocycles. The molecule has 0 fully saturated rings. The van der Waals surface area contributed by atoms with Gasteiger partial charge in [0.05, 0.1) is 4.90 Å². The van der Waals surface area contributed by atoms with E-state index in [1.807, 2.05) is 18.4 Å². The molecule has 2 rings (SSSR count). The fourth-order valence-electron chi connectivity index (χ4n) is 1.87. The Kier molecular flexibility index (Phi) is 5.10. The van der Waals surface area contributed by atoms with Crippen LogP contribution in [0.4, 0.5) is 4.39 Å². The van der Waals surface area contributed by atoms with Crippen LogP contribution in [0.25, 0.3) is 0 Å². The third-order valence-electron chi connectivity index (χ3n) is 3.09. The minimum absolute atomic E-state index is 0.0726. The van der Waals surface area contributed by atoms with Crippen LogP contribution in [0.3, 0.4) is 0 Å². The fraction of sp³-hybridized carbons (Fsp3) is 0.286. The Morgan fingerprint density at radius 1 is 1.24 bits per heavy atom. The van der Waals surface area contributed by atoms with E-state index in [0.29, 0.717) is 5.56 Å². The Bertz CT molecular complexity index is 726. The third-order valence-corrected chi connectivity index (χ3v) is 5.51. The smallest absolute Gasteiger partial charge is 0.240 e. The van der Waals surface area contributed by atoms with Gasteiger partial charge in [0.25, 0.3) is 0 Å². The summed E-state index contributed by atoms with van der Waals surface area (Å²) < 4.78 is 40.6. The number of hydrogen-bond donors (Lipinski definition) is 2. The summed E-state index contributed by atoms with van der Waals surface area (Å²) in [4.78, 5) is 1.04. The molecule has 4 nitrogen and oxygen atoms in total. The summed E-state index contributed by atoms with van der Waals surface area (Å²) in [7, 11) is -1.97. The third kappa shape index (κ3) is 3.88. The van der Waals surface area contributed by atoms with Crippen LogP contribution in [0.15, 0.2) is 34.5 Å². The number of aryl methyl sites for hydroxylation is 1. The highest BCUT2D eigenvalue weighted by molar-refractivity contribution is 7.89. The Morgan fingerprint density at radius 2 is 2.00 bits per heavy atom. The van der Waals surface area contributed by atoms with Gasteiger partial charge in [-0.25, -0.2) is 17.5 Å². The first-order chi connectivity index (χ1) is 9.94. The molecule has 114 valence electrons. The van der Waals surface area contributed by atoms with Crippen LogP contribution in [-0.4, -0.2) is 15.5 Å². The highest BCUT2D eigenvalue weighted by Crippen LogP contribution is 2.18. The predicted octanol–water partition coefficient (Wildman–Crippen LogP) is 2.39. The van der Waals surface area contributed by atoms with Gasteiger partial charge in [0.2, 0.25) is 10.0 Å². The van der Waals surface area contributed by atoms with Crippen LogP contribution in [0.5, 0.6) is 0 Å². The second kappa shape index (κ2) is 6.65. The maximum Gasteiger partial charge on any atom is 0.240 e. The number of benzene rings is 1. The van der Waals surface area contributed by atoms with Crippen LogP contribution in [-0.2, 0) is 23.1 Å². The second-order valence-corrected chi connectivity index (χ2v) is 7.40. The van der Waals surface area contributed by atoms with Gasteiger partial charge in [0.1, 0.15) is 5.82 Å². The van der Waals surface area contributed by atoms with Gasteiger partial charge in [-0.3, -0.25) is 0 Å². The molecule has 0 bridgehead atoms. The molecule has 0 saturated heterocycles. The van der Waals surface area contributed by atoms with Crippen LogP contribution >= 0.6 is 11.3 Å². The molecule has 2 aromatic rings. The molecule has 0 radical (unpaired) electrons. The molecule has 7 heteroatoms. The Hall–Kier alpha value is -1.28. The van der Waals surface area contributed by atoms with Gasteiger partial charge in [-0.2, -0.15) is 0 Å². The molecule has 21 heavy (non-hydrogen) atoms. The summed E-state index contributed by atoms with van der Waals surface area (Å²) >= 11 is 1.50. The van der Waals surface area contributed by atoms with E-state index in [9.17, 15) is 12.8 Å². The number of nitrogens with one attached hydrogen (secondary N) is 2. The highest BCUT2D eigenvalue weighted by Gasteiger charge is 2.16. The monoisotopic (exact) mass is 328 g/mol. The van der Waals surface area contributed by atoms with Crippen molar-refractivity contribution < 1.29 is 12.8 Å². The van der Waals surface area contributed by atoms with Crippen molar-refractivity contribution in [2.45, 2.75) is 24.9 Å². The molecule has 0 spiro atoms. The van der Waals surface area contributed by atoms with Crippen molar-refractivity contribution in [1.29, 1.82) is 0 Å². The van der Waals surface area contributed by atoms with Crippen molar-refractivity contribution in [3.8, 4) is 0 Å². The lowest BCUT2D eigenvalue weighted by Crippen LogP contribution is -2.23. The Balaban J connectivity index is 2.19. The van der Waals surface area contributed by atoms with Crippen molar-refractivity contribution in [3.05, 3.63) is 51.5 Å². The summed E-state index contributed by atoms with van der Waals surface area (Å²) in [6.07, 6.45) is 0. The summed E-state index contributed by atoms with van der Waals surface area (Å²) in [6, 6.07) is 5.75. The normalized spacial score (nSPS) is 11.8. The summed E-state index contributed by atoms with van der Waals surface area (Å²) in [5.74, 6) is -0.419. The summed E-state index contributed by atoms with van der Waals surface area (Å²) in [5.41, 5.74) is 1.38. The summed E-state index contributed by atoms with van der Waals surface area (Å²) in [5, 5.41) is 4.73. The lowest BCUT2D eigenvalue weighted by atomic mass is 10.2. The molecule has 0 aliphatic rings. The number of thiophene rings is 1. The number of sulfonamides is 1. The maximum absolute atomic E-state index is 13.6. The Labute approximate surface area is 128 Å². The minimum atomic E-state index is -3.65. The molecule has 0 saturated carbocycles. The zero-order valence-corrected chi connectivity index (χ0v) is 13.4. The van der Waals surface area contributed by atoms with E-state index in [2.05, 4.69) is 10.0 Å². The van der Waals surface area contributed by atoms with Crippen LogP contribution in [0.2, 0.25) is 0 Å². The van der Waals surface area contributed by atoms with E-state index in [1.165, 1.54) is 29.5 Å². The molecule has 0 aliphatic heterocycles. The molecule has 2 N–H and O–H groups in total.